The van der Waals surface area contributed by atoms with Crippen molar-refractivity contribution < 1.29 is 9.90 Å². The van der Waals surface area contributed by atoms with Gasteiger partial charge >= 0.3 is 6.09 Å². The molecule has 1 fully saturated rings. The molecule has 3 heteroatoms. The summed E-state index contributed by atoms with van der Waals surface area (Å²) < 4.78 is 0. The highest BCUT2D eigenvalue weighted by atomic mass is 16.4. The monoisotopic (exact) mass is 241 g/mol. The van der Waals surface area contributed by atoms with Gasteiger partial charge in [0.2, 0.25) is 0 Å². The molecule has 0 bridgehead atoms. The third-order valence-corrected chi connectivity index (χ3v) is 3.77. The van der Waals surface area contributed by atoms with E-state index < -0.39 is 6.09 Å². The van der Waals surface area contributed by atoms with E-state index >= 15 is 0 Å². The Morgan fingerprint density at radius 1 is 0.882 bits per heavy atom. The van der Waals surface area contributed by atoms with Crippen molar-refractivity contribution >= 4 is 6.09 Å². The number of carbonyl (C=O) groups is 1. The zero-order valence-corrected chi connectivity index (χ0v) is 10.9. The zero-order chi connectivity index (χ0) is 12.3. The van der Waals surface area contributed by atoms with Gasteiger partial charge in [-0.25, -0.2) is 4.79 Å². The normalized spacial score (nSPS) is 21.2. The van der Waals surface area contributed by atoms with Gasteiger partial charge in [-0.05, 0) is 18.8 Å². The summed E-state index contributed by atoms with van der Waals surface area (Å²) in [4.78, 5) is 10.5. The van der Waals surface area contributed by atoms with Crippen LogP contribution in [0.15, 0.2) is 0 Å². The van der Waals surface area contributed by atoms with Gasteiger partial charge in [0.15, 0.2) is 0 Å². The van der Waals surface area contributed by atoms with Gasteiger partial charge in [-0.15, -0.1) is 0 Å². The first-order chi connectivity index (χ1) is 8.29. The zero-order valence-electron chi connectivity index (χ0n) is 10.9. The first-order valence-corrected chi connectivity index (χ1v) is 7.26. The molecule has 2 N–H and O–H groups in total. The Morgan fingerprint density at radius 3 is 1.71 bits per heavy atom. The van der Waals surface area contributed by atoms with Gasteiger partial charge in [-0.3, -0.25) is 0 Å². The van der Waals surface area contributed by atoms with E-state index in [1.807, 2.05) is 0 Å². The minimum absolute atomic E-state index is 0.561. The highest BCUT2D eigenvalue weighted by molar-refractivity contribution is 5.64. The van der Waals surface area contributed by atoms with Crippen molar-refractivity contribution in [3.8, 4) is 0 Å². The van der Waals surface area contributed by atoms with Gasteiger partial charge in [0.1, 0.15) is 0 Å². The maximum atomic E-state index is 10.5. The Hall–Kier alpha value is -0.730. The standard InChI is InChI=1S/C14H27NO2/c16-14(17)15-12-13-10-8-6-4-2-1-3-5-7-9-11-13/h13,15H,1-12H2,(H,16,17). The van der Waals surface area contributed by atoms with Crippen molar-refractivity contribution in [2.75, 3.05) is 6.54 Å². The highest BCUT2D eigenvalue weighted by Gasteiger charge is 2.10. The van der Waals surface area contributed by atoms with Crippen LogP contribution in [0.5, 0.6) is 0 Å². The predicted octanol–water partition coefficient (Wildman–Crippen LogP) is 4.17. The van der Waals surface area contributed by atoms with E-state index in [0.717, 1.165) is 0 Å². The van der Waals surface area contributed by atoms with Gasteiger partial charge < -0.3 is 10.4 Å². The fourth-order valence-electron chi connectivity index (χ4n) is 2.68. The summed E-state index contributed by atoms with van der Waals surface area (Å²) in [6, 6.07) is 0. The maximum Gasteiger partial charge on any atom is 0.404 e. The number of nitrogens with one attached hydrogen (secondary N) is 1. The van der Waals surface area contributed by atoms with Crippen LogP contribution >= 0.6 is 0 Å². The Labute approximate surface area is 105 Å². The Kier molecular flexibility index (Phi) is 7.85. The smallest absolute Gasteiger partial charge is 0.404 e. The second kappa shape index (κ2) is 9.32. The summed E-state index contributed by atoms with van der Waals surface area (Å²) >= 11 is 0. The lowest BCUT2D eigenvalue weighted by Crippen LogP contribution is -2.27. The Morgan fingerprint density at radius 2 is 1.29 bits per heavy atom. The van der Waals surface area contributed by atoms with Crippen LogP contribution < -0.4 is 5.32 Å². The van der Waals surface area contributed by atoms with Gasteiger partial charge in [0, 0.05) is 6.54 Å². The van der Waals surface area contributed by atoms with E-state index in [1.54, 1.807) is 0 Å². The summed E-state index contributed by atoms with van der Waals surface area (Å²) in [5.41, 5.74) is 0. The molecule has 100 valence electrons. The molecule has 0 aromatic carbocycles. The average Bonchev–Trinajstić information content (AvgIpc) is 2.28. The third kappa shape index (κ3) is 8.06. The third-order valence-electron chi connectivity index (χ3n) is 3.77. The molecule has 0 saturated heterocycles. The molecular weight excluding hydrogens is 214 g/mol. The number of hydrogen-bond acceptors (Lipinski definition) is 1. The average molecular weight is 241 g/mol. The predicted molar refractivity (Wildman–Crippen MR) is 70.3 cm³/mol. The van der Waals surface area contributed by atoms with Crippen LogP contribution in [0.1, 0.15) is 70.6 Å². The van der Waals surface area contributed by atoms with Gasteiger partial charge in [-0.1, -0.05) is 57.8 Å². The van der Waals surface area contributed by atoms with Crippen molar-refractivity contribution in [3.05, 3.63) is 0 Å². The number of rotatable bonds is 2. The summed E-state index contributed by atoms with van der Waals surface area (Å²) in [6.07, 6.45) is 13.6. The van der Waals surface area contributed by atoms with E-state index in [9.17, 15) is 4.79 Å². The molecule has 0 heterocycles. The number of hydrogen-bond donors (Lipinski definition) is 2. The summed E-state index contributed by atoms with van der Waals surface area (Å²) in [6.45, 7) is 0.648. The molecule has 1 amide bonds. The van der Waals surface area contributed by atoms with Gasteiger partial charge in [0.25, 0.3) is 0 Å². The molecule has 17 heavy (non-hydrogen) atoms. The topological polar surface area (TPSA) is 49.3 Å². The van der Waals surface area contributed by atoms with E-state index in [4.69, 9.17) is 5.11 Å². The SMILES string of the molecule is O=C(O)NCC1CCCCCCCCCCC1. The van der Waals surface area contributed by atoms with Crippen molar-refractivity contribution in [1.82, 2.24) is 5.32 Å². The number of amides is 1. The van der Waals surface area contributed by atoms with Crippen LogP contribution in [0.3, 0.4) is 0 Å². The molecule has 0 aromatic rings. The molecule has 0 radical (unpaired) electrons. The second-order valence-corrected chi connectivity index (χ2v) is 5.31. The minimum Gasteiger partial charge on any atom is -0.465 e. The molecule has 0 atom stereocenters. The molecular formula is C14H27NO2. The van der Waals surface area contributed by atoms with Crippen LogP contribution in [0, 0.1) is 5.92 Å². The van der Waals surface area contributed by atoms with Crippen LogP contribution in [-0.4, -0.2) is 17.7 Å². The molecule has 0 spiro atoms. The van der Waals surface area contributed by atoms with Crippen LogP contribution in [0.25, 0.3) is 0 Å². The van der Waals surface area contributed by atoms with Gasteiger partial charge in [0.05, 0.1) is 0 Å². The number of carboxylic acid groups (broad SMARTS) is 1. The second-order valence-electron chi connectivity index (χ2n) is 5.31. The molecule has 0 aromatic heterocycles. The lowest BCUT2D eigenvalue weighted by atomic mass is 9.93. The van der Waals surface area contributed by atoms with Crippen molar-refractivity contribution in [3.63, 3.8) is 0 Å². The molecule has 0 aliphatic heterocycles. The molecule has 3 nitrogen and oxygen atoms in total. The molecule has 0 unspecified atom stereocenters. The van der Waals surface area contributed by atoms with Crippen molar-refractivity contribution in [2.24, 2.45) is 5.92 Å². The highest BCUT2D eigenvalue weighted by Crippen LogP contribution is 2.20. The first kappa shape index (κ1) is 14.3. The molecule has 1 saturated carbocycles. The minimum atomic E-state index is -0.879. The largest absolute Gasteiger partial charge is 0.465 e. The molecule has 1 aliphatic rings. The quantitative estimate of drug-likeness (QED) is 0.762. The van der Waals surface area contributed by atoms with Crippen LogP contribution in [0.4, 0.5) is 4.79 Å². The van der Waals surface area contributed by atoms with Gasteiger partial charge in [-0.2, -0.15) is 0 Å². The Bertz CT molecular complexity index is 194. The molecule has 1 aliphatic carbocycles. The van der Waals surface area contributed by atoms with E-state index in [-0.39, 0.29) is 0 Å². The van der Waals surface area contributed by atoms with E-state index in [0.29, 0.717) is 12.5 Å². The Balaban J connectivity index is 2.24. The summed E-state index contributed by atoms with van der Waals surface area (Å²) in [5.74, 6) is 0.561. The fraction of sp³-hybridized carbons (Fsp3) is 0.929. The fourth-order valence-corrected chi connectivity index (χ4v) is 2.68. The van der Waals surface area contributed by atoms with E-state index in [2.05, 4.69) is 5.32 Å². The van der Waals surface area contributed by atoms with Crippen LogP contribution in [0.2, 0.25) is 0 Å². The van der Waals surface area contributed by atoms with Crippen LogP contribution in [-0.2, 0) is 0 Å². The maximum absolute atomic E-state index is 10.5. The van der Waals surface area contributed by atoms with Crippen molar-refractivity contribution in [1.29, 1.82) is 0 Å². The van der Waals surface area contributed by atoms with Crippen molar-refractivity contribution in [2.45, 2.75) is 70.6 Å². The van der Waals surface area contributed by atoms with E-state index in [1.165, 1.54) is 70.6 Å². The lowest BCUT2D eigenvalue weighted by molar-refractivity contribution is 0.191. The lowest BCUT2D eigenvalue weighted by Gasteiger charge is -2.17. The molecule has 1 rings (SSSR count). The summed E-state index contributed by atoms with van der Waals surface area (Å²) in [7, 11) is 0. The first-order valence-electron chi connectivity index (χ1n) is 7.26. The summed E-state index contributed by atoms with van der Waals surface area (Å²) in [5, 5.41) is 11.2.